The van der Waals surface area contributed by atoms with Crippen molar-refractivity contribution in [2.45, 2.75) is 32.7 Å². The Kier molecular flexibility index (Phi) is 4.15. The smallest absolute Gasteiger partial charge is 0.122 e. The van der Waals surface area contributed by atoms with Crippen LogP contribution in [0, 0.1) is 11.3 Å². The minimum Gasteiger partial charge on any atom is -0.384 e. The lowest BCUT2D eigenvalue weighted by Crippen LogP contribution is -2.10. The molecule has 0 amide bonds. The fourth-order valence-electron chi connectivity index (χ4n) is 2.10. The second kappa shape index (κ2) is 5.83. The summed E-state index contributed by atoms with van der Waals surface area (Å²) in [6.45, 7) is 4.47. The maximum Gasteiger partial charge on any atom is 0.122 e. The third-order valence-corrected chi connectivity index (χ3v) is 3.32. The quantitative estimate of drug-likeness (QED) is 0.614. The first-order valence-electron chi connectivity index (χ1n) is 6.75. The highest BCUT2D eigenvalue weighted by atomic mass is 14.8. The molecule has 0 radical (unpaired) electrons. The first kappa shape index (κ1) is 13.5. The number of benzene rings is 1. The SMILES string of the molecule is CC(C)CCC1=NC(c2ccc(C(=N)N)cc2)C=C1. The zero-order chi connectivity index (χ0) is 13.8. The van der Waals surface area contributed by atoms with Crippen LogP contribution in [0.25, 0.3) is 0 Å². The van der Waals surface area contributed by atoms with Crippen molar-refractivity contribution in [3.63, 3.8) is 0 Å². The van der Waals surface area contributed by atoms with Gasteiger partial charge >= 0.3 is 0 Å². The number of nitrogens with one attached hydrogen (secondary N) is 1. The van der Waals surface area contributed by atoms with E-state index in [4.69, 9.17) is 16.1 Å². The lowest BCUT2D eigenvalue weighted by atomic mass is 10.1. The van der Waals surface area contributed by atoms with Gasteiger partial charge in [-0.3, -0.25) is 10.4 Å². The molecule has 1 aromatic carbocycles. The van der Waals surface area contributed by atoms with Gasteiger partial charge in [0.1, 0.15) is 5.84 Å². The van der Waals surface area contributed by atoms with Crippen molar-refractivity contribution in [2.24, 2.45) is 16.6 Å². The number of nitrogens with two attached hydrogens (primary N) is 1. The molecule has 1 unspecified atom stereocenters. The molecule has 19 heavy (non-hydrogen) atoms. The van der Waals surface area contributed by atoms with Crippen LogP contribution in [-0.2, 0) is 0 Å². The lowest BCUT2D eigenvalue weighted by Gasteiger charge is -2.07. The Balaban J connectivity index is 2.04. The van der Waals surface area contributed by atoms with Gasteiger partial charge in [0.25, 0.3) is 0 Å². The Hall–Kier alpha value is -1.90. The predicted molar refractivity (Wildman–Crippen MR) is 80.8 cm³/mol. The molecule has 3 heteroatoms. The summed E-state index contributed by atoms with van der Waals surface area (Å²) in [6, 6.07) is 7.89. The van der Waals surface area contributed by atoms with Crippen LogP contribution in [-0.4, -0.2) is 11.5 Å². The Labute approximate surface area is 114 Å². The molecule has 0 aliphatic carbocycles. The van der Waals surface area contributed by atoms with Crippen LogP contribution in [0.4, 0.5) is 0 Å². The average Bonchev–Trinajstić information content (AvgIpc) is 2.85. The van der Waals surface area contributed by atoms with Gasteiger partial charge in [-0.2, -0.15) is 0 Å². The van der Waals surface area contributed by atoms with Crippen LogP contribution in [0.1, 0.15) is 43.9 Å². The molecule has 0 spiro atoms. The molecule has 3 nitrogen and oxygen atoms in total. The third kappa shape index (κ3) is 3.53. The first-order valence-corrected chi connectivity index (χ1v) is 6.75. The van der Waals surface area contributed by atoms with Crippen molar-refractivity contribution < 1.29 is 0 Å². The van der Waals surface area contributed by atoms with Crippen molar-refractivity contribution in [3.05, 3.63) is 47.5 Å². The molecular formula is C16H21N3. The van der Waals surface area contributed by atoms with E-state index in [0.717, 1.165) is 17.5 Å². The lowest BCUT2D eigenvalue weighted by molar-refractivity contribution is 0.603. The second-order valence-electron chi connectivity index (χ2n) is 5.39. The number of rotatable bonds is 5. The molecular weight excluding hydrogens is 234 g/mol. The topological polar surface area (TPSA) is 62.2 Å². The number of amidine groups is 1. The minimum atomic E-state index is 0.106. The fraction of sp³-hybridized carbons (Fsp3) is 0.375. The Bertz CT molecular complexity index is 509. The van der Waals surface area contributed by atoms with Gasteiger partial charge in [0.15, 0.2) is 0 Å². The average molecular weight is 255 g/mol. The van der Waals surface area contributed by atoms with E-state index in [1.807, 2.05) is 24.3 Å². The van der Waals surface area contributed by atoms with Gasteiger partial charge in [-0.05, 0) is 30.4 Å². The van der Waals surface area contributed by atoms with Gasteiger partial charge in [0, 0.05) is 11.3 Å². The van der Waals surface area contributed by atoms with Crippen LogP contribution in [0.3, 0.4) is 0 Å². The van der Waals surface area contributed by atoms with Gasteiger partial charge in [0.05, 0.1) is 6.04 Å². The van der Waals surface area contributed by atoms with Crippen LogP contribution >= 0.6 is 0 Å². The summed E-state index contributed by atoms with van der Waals surface area (Å²) in [6.07, 6.45) is 6.50. The summed E-state index contributed by atoms with van der Waals surface area (Å²) in [5, 5.41) is 7.38. The van der Waals surface area contributed by atoms with E-state index in [0.29, 0.717) is 5.92 Å². The Morgan fingerprint density at radius 1 is 1.32 bits per heavy atom. The summed E-state index contributed by atoms with van der Waals surface area (Å²) < 4.78 is 0. The van der Waals surface area contributed by atoms with E-state index in [1.165, 1.54) is 12.1 Å². The zero-order valence-electron chi connectivity index (χ0n) is 11.6. The molecule has 0 fully saturated rings. The molecule has 1 aromatic rings. The van der Waals surface area contributed by atoms with Gasteiger partial charge in [-0.15, -0.1) is 0 Å². The Morgan fingerprint density at radius 2 is 2.00 bits per heavy atom. The van der Waals surface area contributed by atoms with Gasteiger partial charge in [-0.1, -0.05) is 44.2 Å². The maximum atomic E-state index is 7.38. The summed E-state index contributed by atoms with van der Waals surface area (Å²) in [7, 11) is 0. The number of hydrogen-bond donors (Lipinski definition) is 2. The van der Waals surface area contributed by atoms with Crippen molar-refractivity contribution in [3.8, 4) is 0 Å². The normalized spacial score (nSPS) is 17.8. The highest BCUT2D eigenvalue weighted by Gasteiger charge is 2.13. The zero-order valence-corrected chi connectivity index (χ0v) is 11.6. The minimum absolute atomic E-state index is 0.106. The van der Waals surface area contributed by atoms with Crippen LogP contribution in [0.15, 0.2) is 41.4 Å². The fourth-order valence-corrected chi connectivity index (χ4v) is 2.10. The Morgan fingerprint density at radius 3 is 2.58 bits per heavy atom. The van der Waals surface area contributed by atoms with E-state index in [-0.39, 0.29) is 11.9 Å². The number of hydrogen-bond acceptors (Lipinski definition) is 2. The van der Waals surface area contributed by atoms with Crippen LogP contribution in [0.5, 0.6) is 0 Å². The number of nitrogens with zero attached hydrogens (tertiary/aromatic N) is 1. The van der Waals surface area contributed by atoms with Crippen molar-refractivity contribution in [1.29, 1.82) is 5.41 Å². The molecule has 0 saturated heterocycles. The van der Waals surface area contributed by atoms with Crippen molar-refractivity contribution in [2.75, 3.05) is 0 Å². The van der Waals surface area contributed by atoms with E-state index in [9.17, 15) is 0 Å². The van der Waals surface area contributed by atoms with E-state index in [1.54, 1.807) is 0 Å². The molecule has 100 valence electrons. The highest BCUT2D eigenvalue weighted by molar-refractivity contribution is 5.97. The van der Waals surface area contributed by atoms with Gasteiger partial charge in [-0.25, -0.2) is 0 Å². The summed E-state index contributed by atoms with van der Waals surface area (Å²) in [5.41, 5.74) is 8.55. The predicted octanol–water partition coefficient (Wildman–Crippen LogP) is 3.46. The first-order chi connectivity index (χ1) is 9.06. The van der Waals surface area contributed by atoms with Crippen molar-refractivity contribution >= 4 is 11.5 Å². The summed E-state index contributed by atoms with van der Waals surface area (Å²) in [4.78, 5) is 4.73. The molecule has 1 heterocycles. The second-order valence-corrected chi connectivity index (χ2v) is 5.39. The summed E-state index contributed by atoms with van der Waals surface area (Å²) in [5.74, 6) is 0.819. The van der Waals surface area contributed by atoms with Gasteiger partial charge in [0.2, 0.25) is 0 Å². The van der Waals surface area contributed by atoms with E-state index < -0.39 is 0 Å². The van der Waals surface area contributed by atoms with E-state index in [2.05, 4.69) is 26.0 Å². The van der Waals surface area contributed by atoms with Crippen LogP contribution in [0.2, 0.25) is 0 Å². The number of allylic oxidation sites excluding steroid dienone is 1. The number of aliphatic imine (C=N–C) groups is 1. The summed E-state index contributed by atoms with van der Waals surface area (Å²) >= 11 is 0. The molecule has 3 N–H and O–H groups in total. The van der Waals surface area contributed by atoms with Crippen molar-refractivity contribution in [1.82, 2.24) is 0 Å². The number of nitrogen functional groups attached to an aromatic ring is 1. The molecule has 0 saturated carbocycles. The largest absolute Gasteiger partial charge is 0.384 e. The van der Waals surface area contributed by atoms with Gasteiger partial charge < -0.3 is 5.73 Å². The highest BCUT2D eigenvalue weighted by Crippen LogP contribution is 2.25. The molecule has 0 aromatic heterocycles. The molecule has 1 atom stereocenters. The maximum absolute atomic E-state index is 7.38. The molecule has 0 bridgehead atoms. The van der Waals surface area contributed by atoms with Crippen LogP contribution < -0.4 is 5.73 Å². The van der Waals surface area contributed by atoms with E-state index >= 15 is 0 Å². The molecule has 1 aliphatic heterocycles. The molecule has 1 aliphatic rings. The standard InChI is InChI=1S/C16H21N3/c1-11(2)3-8-14-9-10-15(19-14)12-4-6-13(7-5-12)16(17)18/h4-7,9-11,15H,3,8H2,1-2H3,(H3,17,18). The molecule has 2 rings (SSSR count). The third-order valence-electron chi connectivity index (χ3n) is 3.32. The monoisotopic (exact) mass is 255 g/mol.